The van der Waals surface area contributed by atoms with Crippen molar-refractivity contribution in [2.24, 2.45) is 0 Å². The van der Waals surface area contributed by atoms with E-state index in [-0.39, 0.29) is 37.4 Å². The summed E-state index contributed by atoms with van der Waals surface area (Å²) in [6.45, 7) is 5.38. The molecule has 1 amide bonds. The molecular weight excluding hydrogens is 543 g/mol. The molecule has 2 atom stereocenters. The van der Waals surface area contributed by atoms with Crippen LogP contribution in [0.4, 0.5) is 26.7 Å². The van der Waals surface area contributed by atoms with Crippen LogP contribution >= 0.6 is 0 Å². The van der Waals surface area contributed by atoms with Crippen LogP contribution in [-0.4, -0.2) is 66.6 Å². The fourth-order valence-electron chi connectivity index (χ4n) is 5.61. The number of carbonyl (C=O) groups excluding carboxylic acids is 1. The Balaban J connectivity index is 1.60. The predicted molar refractivity (Wildman–Crippen MR) is 147 cm³/mol. The highest BCUT2D eigenvalue weighted by Gasteiger charge is 2.44. The van der Waals surface area contributed by atoms with Gasteiger partial charge in [0.25, 0.3) is 0 Å². The zero-order chi connectivity index (χ0) is 29.9. The minimum Gasteiger partial charge on any atom is -0.492 e. The molecular formula is C31H37F5N2O3. The van der Waals surface area contributed by atoms with Crippen LogP contribution in [0.25, 0.3) is 5.57 Å². The molecule has 224 valence electrons. The number of halogens is 5. The highest BCUT2D eigenvalue weighted by molar-refractivity contribution is 5.79. The van der Waals surface area contributed by atoms with Crippen LogP contribution in [0, 0.1) is 5.82 Å². The molecule has 4 rings (SSSR count). The number of carbonyl (C=O) groups is 1. The summed E-state index contributed by atoms with van der Waals surface area (Å²) in [5.41, 5.74) is 3.15. The van der Waals surface area contributed by atoms with Crippen molar-refractivity contribution >= 4 is 11.7 Å². The molecule has 0 unspecified atom stereocenters. The number of hydrogen-bond donors (Lipinski definition) is 0. The molecule has 0 aromatic heterocycles. The van der Waals surface area contributed by atoms with Crippen molar-refractivity contribution in [1.29, 1.82) is 0 Å². The largest absolute Gasteiger partial charge is 0.492 e. The quantitative estimate of drug-likeness (QED) is 0.288. The van der Waals surface area contributed by atoms with Gasteiger partial charge in [-0.1, -0.05) is 24.3 Å². The lowest BCUT2D eigenvalue weighted by molar-refractivity contribution is -0.155. The maximum Gasteiger partial charge on any atom is 0.410 e. The first kappa shape index (κ1) is 30.8. The molecule has 5 nitrogen and oxygen atoms in total. The van der Waals surface area contributed by atoms with Gasteiger partial charge < -0.3 is 14.4 Å². The number of ether oxygens (including phenoxy) is 2. The third kappa shape index (κ3) is 7.58. The Kier molecular flexibility index (Phi) is 9.31. The van der Waals surface area contributed by atoms with Crippen molar-refractivity contribution < 1.29 is 36.2 Å². The molecule has 0 fully saturated rings. The average molecular weight is 581 g/mol. The Hall–Kier alpha value is -3.14. The summed E-state index contributed by atoms with van der Waals surface area (Å²) < 4.78 is 80.7. The van der Waals surface area contributed by atoms with Crippen LogP contribution in [0.1, 0.15) is 63.3 Å². The zero-order valence-electron chi connectivity index (χ0n) is 23.9. The van der Waals surface area contributed by atoms with E-state index in [1.807, 2.05) is 24.3 Å². The van der Waals surface area contributed by atoms with Gasteiger partial charge in [-0.3, -0.25) is 9.29 Å². The van der Waals surface area contributed by atoms with Gasteiger partial charge >= 0.3 is 12.3 Å². The zero-order valence-corrected chi connectivity index (χ0v) is 23.9. The van der Waals surface area contributed by atoms with E-state index in [2.05, 4.69) is 0 Å². The Morgan fingerprint density at radius 2 is 1.83 bits per heavy atom. The predicted octanol–water partition coefficient (Wildman–Crippen LogP) is 7.51. The maximum atomic E-state index is 15.4. The second-order valence-electron chi connectivity index (χ2n) is 11.6. The number of nitrogens with zero attached hydrogens (tertiary/aromatic N) is 2. The Morgan fingerprint density at radius 1 is 1.10 bits per heavy atom. The first-order valence-corrected chi connectivity index (χ1v) is 13.9. The van der Waals surface area contributed by atoms with Crippen molar-refractivity contribution in [3.8, 4) is 5.75 Å². The molecule has 0 spiro atoms. The van der Waals surface area contributed by atoms with Crippen LogP contribution in [0.5, 0.6) is 5.75 Å². The van der Waals surface area contributed by atoms with Gasteiger partial charge in [0.05, 0.1) is 25.8 Å². The third-order valence-corrected chi connectivity index (χ3v) is 7.31. The Morgan fingerprint density at radius 3 is 2.51 bits per heavy atom. The van der Waals surface area contributed by atoms with Crippen LogP contribution < -0.4 is 4.74 Å². The lowest BCUT2D eigenvalue weighted by Crippen LogP contribution is -2.46. The highest BCUT2D eigenvalue weighted by Crippen LogP contribution is 2.50. The van der Waals surface area contributed by atoms with E-state index in [0.29, 0.717) is 12.8 Å². The van der Waals surface area contributed by atoms with Crippen LogP contribution in [-0.2, 0) is 11.2 Å². The molecule has 41 heavy (non-hydrogen) atoms. The number of rotatable bonds is 9. The fraction of sp³-hybridized carbons (Fsp3) is 0.516. The van der Waals surface area contributed by atoms with Gasteiger partial charge in [0.1, 0.15) is 23.8 Å². The summed E-state index contributed by atoms with van der Waals surface area (Å²) in [6.07, 6.45) is -4.05. The lowest BCUT2D eigenvalue weighted by atomic mass is 9.85. The van der Waals surface area contributed by atoms with E-state index in [1.165, 1.54) is 28.0 Å². The highest BCUT2D eigenvalue weighted by atomic mass is 19.4. The third-order valence-electron chi connectivity index (χ3n) is 7.31. The van der Waals surface area contributed by atoms with Crippen molar-refractivity contribution in [3.05, 3.63) is 70.5 Å². The van der Waals surface area contributed by atoms with Gasteiger partial charge in [-0.2, -0.15) is 13.2 Å². The normalized spacial score (nSPS) is 19.1. The summed E-state index contributed by atoms with van der Waals surface area (Å²) >= 11 is 0. The second-order valence-corrected chi connectivity index (χ2v) is 11.6. The minimum atomic E-state index is -4.47. The van der Waals surface area contributed by atoms with E-state index < -0.39 is 49.0 Å². The maximum absolute atomic E-state index is 15.4. The number of hydrogen-bond acceptors (Lipinski definition) is 4. The van der Waals surface area contributed by atoms with E-state index in [1.54, 1.807) is 27.7 Å². The number of amides is 1. The average Bonchev–Trinajstić information content (AvgIpc) is 3.24. The summed E-state index contributed by atoms with van der Waals surface area (Å²) in [5.74, 6) is -0.358. The second kappa shape index (κ2) is 12.4. The SMILES string of the molecule is C[C@@H]1CC2=C(Cc3ccccc32)[C@@H](c2cc(OCCN(CCCF)C(=O)OC(C)(C)C)ccc2F)N1CC(F)(F)F. The molecule has 2 aliphatic rings. The molecule has 0 saturated carbocycles. The monoisotopic (exact) mass is 580 g/mol. The minimum absolute atomic E-state index is 0.00330. The molecule has 0 radical (unpaired) electrons. The topological polar surface area (TPSA) is 42.0 Å². The van der Waals surface area contributed by atoms with Crippen LogP contribution in [0.3, 0.4) is 0 Å². The molecule has 1 aliphatic carbocycles. The molecule has 2 aromatic carbocycles. The van der Waals surface area contributed by atoms with Crippen molar-refractivity contribution in [2.75, 3.05) is 32.9 Å². The fourth-order valence-corrected chi connectivity index (χ4v) is 5.61. The van der Waals surface area contributed by atoms with E-state index in [9.17, 15) is 22.4 Å². The lowest BCUT2D eigenvalue weighted by Gasteiger charge is -2.42. The summed E-state index contributed by atoms with van der Waals surface area (Å²) in [5, 5.41) is 0. The van der Waals surface area contributed by atoms with Gasteiger partial charge in [0.15, 0.2) is 0 Å². The van der Waals surface area contributed by atoms with Gasteiger partial charge in [0, 0.05) is 18.2 Å². The first-order valence-electron chi connectivity index (χ1n) is 13.9. The molecule has 0 saturated heterocycles. The molecule has 1 heterocycles. The van der Waals surface area contributed by atoms with Gasteiger partial charge in [0.2, 0.25) is 0 Å². The van der Waals surface area contributed by atoms with Crippen molar-refractivity contribution in [2.45, 2.75) is 70.8 Å². The molecule has 10 heteroatoms. The summed E-state index contributed by atoms with van der Waals surface area (Å²) in [4.78, 5) is 15.2. The van der Waals surface area contributed by atoms with Gasteiger partial charge in [-0.15, -0.1) is 0 Å². The molecule has 0 N–H and O–H groups in total. The van der Waals surface area contributed by atoms with Gasteiger partial charge in [-0.05, 0) is 87.4 Å². The Labute approximate surface area is 237 Å². The Bertz CT molecular complexity index is 1270. The van der Waals surface area contributed by atoms with Crippen LogP contribution in [0.2, 0.25) is 0 Å². The van der Waals surface area contributed by atoms with E-state index in [4.69, 9.17) is 9.47 Å². The number of fused-ring (bicyclic) bond motifs is 2. The number of alkyl halides is 4. The van der Waals surface area contributed by atoms with E-state index >= 15 is 4.39 Å². The smallest absolute Gasteiger partial charge is 0.410 e. The van der Waals surface area contributed by atoms with E-state index in [0.717, 1.165) is 22.3 Å². The first-order chi connectivity index (χ1) is 19.3. The van der Waals surface area contributed by atoms with Crippen molar-refractivity contribution in [1.82, 2.24) is 9.80 Å². The van der Waals surface area contributed by atoms with Crippen LogP contribution in [0.15, 0.2) is 48.0 Å². The molecule has 0 bridgehead atoms. The molecule has 1 aliphatic heterocycles. The summed E-state index contributed by atoms with van der Waals surface area (Å²) in [6, 6.07) is 10.4. The summed E-state index contributed by atoms with van der Waals surface area (Å²) in [7, 11) is 0. The standard InChI is InChI=1S/C31H37F5N2O3/c1-20-16-24-23-9-6-5-8-21(23)17-25(24)28(38(20)19-31(34,35)36)26-18-22(10-11-27(26)33)40-15-14-37(13-7-12-32)29(39)41-30(2,3)4/h5-6,8-11,18,20,28H,7,12-17,19H2,1-4H3/t20-,28+/m1/s1. The number of benzene rings is 2. The van der Waals surface area contributed by atoms with Crippen molar-refractivity contribution in [3.63, 3.8) is 0 Å². The molecule has 2 aromatic rings. The van der Waals surface area contributed by atoms with Gasteiger partial charge in [-0.25, -0.2) is 9.18 Å².